The second kappa shape index (κ2) is 12.7. The van der Waals surface area contributed by atoms with Crippen LogP contribution in [0.3, 0.4) is 0 Å². The highest BCUT2D eigenvalue weighted by Gasteiger charge is 2.55. The number of β-lactam (4-membered cyclic amide) rings is 1. The summed E-state index contributed by atoms with van der Waals surface area (Å²) in [5.74, 6) is -3.83. The summed E-state index contributed by atoms with van der Waals surface area (Å²) in [5, 5.41) is 31.4. The molecule has 2 saturated heterocycles. The van der Waals surface area contributed by atoms with Crippen molar-refractivity contribution in [1.29, 1.82) is 0 Å². The third kappa shape index (κ3) is 6.53. The summed E-state index contributed by atoms with van der Waals surface area (Å²) < 4.78 is 1.84. The number of carbonyl (C=O) groups is 4. The van der Waals surface area contributed by atoms with Crippen LogP contribution >= 0.6 is 34.7 Å². The molecule has 0 aliphatic carbocycles. The number of oxime groups is 1. The molecular formula is C25H28ClN8O7S2+. The Morgan fingerprint density at radius 3 is 2.70 bits per heavy atom. The smallest absolute Gasteiger partial charge is 0.352 e. The summed E-state index contributed by atoms with van der Waals surface area (Å²) in [6.45, 7) is 3.33. The van der Waals surface area contributed by atoms with E-state index in [2.05, 4.69) is 26.1 Å². The molecule has 7 N–H and O–H groups in total. The first-order chi connectivity index (χ1) is 20.5. The van der Waals surface area contributed by atoms with Crippen molar-refractivity contribution in [2.75, 3.05) is 29.9 Å². The number of hydrogen-bond acceptors (Lipinski definition) is 12. The zero-order valence-electron chi connectivity index (χ0n) is 22.7. The molecule has 0 spiro atoms. The number of anilines is 2. The minimum Gasteiger partial charge on any atom is -0.478 e. The summed E-state index contributed by atoms with van der Waals surface area (Å²) in [7, 11) is 0. The predicted molar refractivity (Wildman–Crippen MR) is 157 cm³/mol. The Hall–Kier alpha value is -3.93. The summed E-state index contributed by atoms with van der Waals surface area (Å²) in [4.78, 5) is 60.0. The number of carboxylic acid groups (broad SMARTS) is 2. The molecule has 0 aromatic carbocycles. The fraction of sp³-hybridized carbons (Fsp3) is 0.400. The summed E-state index contributed by atoms with van der Waals surface area (Å²) >= 11 is 8.32. The van der Waals surface area contributed by atoms with E-state index < -0.39 is 47.0 Å². The Balaban J connectivity index is 1.30. The standard InChI is InChI=1S/C25H27ClN8O7S2/c1-11(23(37)38)41-32-16(15-19(26)43-25(27)31-15)20(35)30-17-21(36)34-18(24(39)40)12(10-42-22(17)34)9-33-6-3-13(4-7-33)29-14-2-5-28-8-14/h3-4,6-7,11,14,17,22,28H,2,5,8-10H2,1H3,(H5,27,30,31,35,37,38,39,40)/p+1/t11-,14?,17+,22+/m0/s1. The summed E-state index contributed by atoms with van der Waals surface area (Å²) in [6, 6.07) is 3.10. The number of carboxylic acids is 2. The maximum absolute atomic E-state index is 13.2. The third-order valence-corrected chi connectivity index (χ3v) is 9.35. The average molecular weight is 652 g/mol. The Kier molecular flexibility index (Phi) is 9.05. The van der Waals surface area contributed by atoms with Crippen LogP contribution in [-0.2, 0) is 30.6 Å². The molecule has 0 saturated carbocycles. The number of pyridine rings is 1. The van der Waals surface area contributed by atoms with E-state index in [-0.39, 0.29) is 27.4 Å². The Morgan fingerprint density at radius 2 is 2.09 bits per heavy atom. The zero-order valence-corrected chi connectivity index (χ0v) is 25.0. The lowest BCUT2D eigenvalue weighted by Crippen LogP contribution is -2.71. The molecule has 18 heteroatoms. The van der Waals surface area contributed by atoms with Crippen molar-refractivity contribution in [3.63, 3.8) is 0 Å². The molecule has 228 valence electrons. The van der Waals surface area contributed by atoms with Crippen LogP contribution < -0.4 is 26.3 Å². The van der Waals surface area contributed by atoms with Gasteiger partial charge in [0.25, 0.3) is 11.8 Å². The molecule has 5 rings (SSSR count). The number of aliphatic carboxylic acids is 2. The number of nitrogens with two attached hydrogens (primary N) is 1. The normalized spacial score (nSPS) is 22.5. The quantitative estimate of drug-likeness (QED) is 0.0825. The lowest BCUT2D eigenvalue weighted by atomic mass is 10.0. The second-order valence-corrected chi connectivity index (χ2v) is 12.6. The van der Waals surface area contributed by atoms with Gasteiger partial charge in [0.2, 0.25) is 6.10 Å². The molecule has 0 radical (unpaired) electrons. The zero-order chi connectivity index (χ0) is 30.8. The van der Waals surface area contributed by atoms with Gasteiger partial charge in [0.05, 0.1) is 0 Å². The van der Waals surface area contributed by atoms with Crippen molar-refractivity contribution in [2.24, 2.45) is 5.16 Å². The van der Waals surface area contributed by atoms with Gasteiger partial charge in [-0.05, 0) is 19.9 Å². The van der Waals surface area contributed by atoms with Gasteiger partial charge in [-0.3, -0.25) is 14.5 Å². The van der Waals surface area contributed by atoms with Crippen LogP contribution in [0.1, 0.15) is 19.0 Å². The number of thiazole rings is 1. The van der Waals surface area contributed by atoms with E-state index in [1.165, 1.54) is 18.7 Å². The molecular weight excluding hydrogens is 624 g/mol. The van der Waals surface area contributed by atoms with Crippen LogP contribution in [-0.4, -0.2) is 92.0 Å². The number of nitrogen functional groups attached to an aromatic ring is 1. The number of aromatic nitrogens is 2. The van der Waals surface area contributed by atoms with E-state index in [9.17, 15) is 24.3 Å². The van der Waals surface area contributed by atoms with Gasteiger partial charge in [-0.25, -0.2) is 19.1 Å². The molecule has 3 aliphatic heterocycles. The third-order valence-electron chi connectivity index (χ3n) is 6.92. The SMILES string of the molecule is C[C@H](ON=C(C(=O)N[C@@H]1C(=O)N2C(C(=O)O)=C(C[n+]3ccc(NC4CCNC4)cc3)CS[C@H]12)c1nc(N)sc1Cl)C(=O)O. The van der Waals surface area contributed by atoms with Gasteiger partial charge in [-0.15, -0.1) is 11.8 Å². The maximum atomic E-state index is 13.2. The lowest BCUT2D eigenvalue weighted by Gasteiger charge is -2.49. The van der Waals surface area contributed by atoms with Crippen molar-refractivity contribution in [3.05, 3.63) is 45.8 Å². The number of fused-ring (bicyclic) bond motifs is 1. The number of rotatable bonds is 11. The molecule has 5 heterocycles. The molecule has 43 heavy (non-hydrogen) atoms. The molecule has 15 nitrogen and oxygen atoms in total. The van der Waals surface area contributed by atoms with Crippen LogP contribution in [0.2, 0.25) is 4.34 Å². The lowest BCUT2D eigenvalue weighted by molar-refractivity contribution is -0.688. The number of amides is 2. The van der Waals surface area contributed by atoms with E-state index in [1.807, 2.05) is 29.1 Å². The van der Waals surface area contributed by atoms with Gasteiger partial charge in [0, 0.05) is 41.7 Å². The first kappa shape index (κ1) is 30.5. The molecule has 2 fully saturated rings. The monoisotopic (exact) mass is 651 g/mol. The van der Waals surface area contributed by atoms with E-state index in [0.717, 1.165) is 41.4 Å². The van der Waals surface area contributed by atoms with Gasteiger partial charge in [-0.1, -0.05) is 28.1 Å². The fourth-order valence-corrected chi connectivity index (χ4v) is 7.00. The molecule has 4 atom stereocenters. The Bertz CT molecular complexity index is 1510. The van der Waals surface area contributed by atoms with Crippen molar-refractivity contribution >= 4 is 75.0 Å². The minimum absolute atomic E-state index is 0.00387. The van der Waals surface area contributed by atoms with Gasteiger partial charge in [0.15, 0.2) is 29.8 Å². The van der Waals surface area contributed by atoms with E-state index in [1.54, 1.807) is 0 Å². The minimum atomic E-state index is -1.40. The van der Waals surface area contributed by atoms with Crippen molar-refractivity contribution < 1.29 is 38.8 Å². The number of thioether (sulfide) groups is 1. The molecule has 2 aromatic rings. The van der Waals surface area contributed by atoms with E-state index >= 15 is 0 Å². The highest BCUT2D eigenvalue weighted by molar-refractivity contribution is 8.00. The van der Waals surface area contributed by atoms with E-state index in [4.69, 9.17) is 27.3 Å². The first-order valence-corrected chi connectivity index (χ1v) is 15.3. The van der Waals surface area contributed by atoms with Crippen molar-refractivity contribution in [1.82, 2.24) is 20.5 Å². The number of hydrogen-bond donors (Lipinski definition) is 6. The van der Waals surface area contributed by atoms with Gasteiger partial charge in [-0.2, -0.15) is 0 Å². The summed E-state index contributed by atoms with van der Waals surface area (Å²) in [5.41, 5.74) is 6.43. The van der Waals surface area contributed by atoms with Crippen LogP contribution in [0.5, 0.6) is 0 Å². The van der Waals surface area contributed by atoms with Crippen molar-refractivity contribution in [2.45, 2.75) is 43.5 Å². The number of nitrogens with zero attached hydrogens (tertiary/aromatic N) is 4. The molecule has 2 aromatic heterocycles. The number of nitrogens with one attached hydrogen (secondary N) is 3. The highest BCUT2D eigenvalue weighted by atomic mass is 35.5. The maximum Gasteiger partial charge on any atom is 0.352 e. The molecule has 3 aliphatic rings. The Morgan fingerprint density at radius 1 is 1.35 bits per heavy atom. The number of halogens is 1. The number of carbonyl (C=O) groups excluding carboxylic acids is 2. The first-order valence-electron chi connectivity index (χ1n) is 13.1. The Labute approximate surface area is 258 Å². The largest absolute Gasteiger partial charge is 0.478 e. The average Bonchev–Trinajstić information content (AvgIpc) is 3.60. The molecule has 0 bridgehead atoms. The summed E-state index contributed by atoms with van der Waals surface area (Å²) in [6.07, 6.45) is 3.33. The van der Waals surface area contributed by atoms with E-state index in [0.29, 0.717) is 17.4 Å². The van der Waals surface area contributed by atoms with Gasteiger partial charge in [0.1, 0.15) is 27.1 Å². The van der Waals surface area contributed by atoms with Crippen LogP contribution in [0.25, 0.3) is 0 Å². The molecule has 1 unspecified atom stereocenters. The van der Waals surface area contributed by atoms with Gasteiger partial charge >= 0.3 is 11.9 Å². The second-order valence-electron chi connectivity index (χ2n) is 9.91. The van der Waals surface area contributed by atoms with Gasteiger partial charge < -0.3 is 36.7 Å². The highest BCUT2D eigenvalue weighted by Crippen LogP contribution is 2.40. The van der Waals surface area contributed by atoms with Crippen LogP contribution in [0.4, 0.5) is 10.8 Å². The molecule has 2 amide bonds. The fourth-order valence-electron chi connectivity index (χ4n) is 4.74. The van der Waals surface area contributed by atoms with Crippen LogP contribution in [0.15, 0.2) is 41.0 Å². The van der Waals surface area contributed by atoms with Crippen molar-refractivity contribution in [3.8, 4) is 0 Å². The van der Waals surface area contributed by atoms with Crippen LogP contribution in [0, 0.1) is 0 Å². The predicted octanol–water partition coefficient (Wildman–Crippen LogP) is 0.0726. The topological polar surface area (TPSA) is 212 Å².